The van der Waals surface area contributed by atoms with E-state index in [0.29, 0.717) is 44.0 Å². The zero-order valence-corrected chi connectivity index (χ0v) is 19.2. The van der Waals surface area contributed by atoms with E-state index in [4.69, 9.17) is 17.3 Å². The number of nitrogens with two attached hydrogens (primary N) is 1. The second-order valence-electron chi connectivity index (χ2n) is 7.88. The first-order valence-electron chi connectivity index (χ1n) is 10.4. The van der Waals surface area contributed by atoms with Crippen molar-refractivity contribution in [3.05, 3.63) is 36.0 Å². The van der Waals surface area contributed by atoms with E-state index in [1.54, 1.807) is 0 Å². The predicted molar refractivity (Wildman–Crippen MR) is 125 cm³/mol. The van der Waals surface area contributed by atoms with E-state index in [1.807, 2.05) is 24.3 Å². The van der Waals surface area contributed by atoms with Gasteiger partial charge in [0.25, 0.3) is 5.91 Å². The number of anilines is 4. The monoisotopic (exact) mass is 479 g/mol. The van der Waals surface area contributed by atoms with Crippen LogP contribution in [0, 0.1) is 0 Å². The Kier molecular flexibility index (Phi) is 6.40. The summed E-state index contributed by atoms with van der Waals surface area (Å²) >= 11 is 5.81. The molecule has 0 spiro atoms. The van der Waals surface area contributed by atoms with Gasteiger partial charge in [-0.05, 0) is 44.0 Å². The lowest BCUT2D eigenvalue weighted by atomic mass is 10.2. The number of hydrogen-bond donors (Lipinski definition) is 3. The molecule has 1 aromatic heterocycles. The summed E-state index contributed by atoms with van der Waals surface area (Å²) < 4.78 is 24.9. The number of aromatic nitrogens is 2. The molecular formula is C20H26ClN7O3S. The fourth-order valence-corrected chi connectivity index (χ4v) is 4.87. The van der Waals surface area contributed by atoms with Gasteiger partial charge in [0, 0.05) is 49.8 Å². The third kappa shape index (κ3) is 5.05. The first-order valence-corrected chi connectivity index (χ1v) is 12.4. The Balaban J connectivity index is 1.40. The lowest BCUT2D eigenvalue weighted by molar-refractivity contribution is 0.100. The average molecular weight is 480 g/mol. The number of nitrogens with one attached hydrogen (secondary N) is 2. The average Bonchev–Trinajstić information content (AvgIpc) is 3.58. The first kappa shape index (κ1) is 22.6. The largest absolute Gasteiger partial charge is 0.369 e. The maximum absolute atomic E-state index is 12.2. The van der Waals surface area contributed by atoms with E-state index < -0.39 is 20.6 Å². The zero-order chi connectivity index (χ0) is 22.9. The molecule has 0 bridgehead atoms. The number of amides is 1. The fourth-order valence-electron chi connectivity index (χ4n) is 3.44. The molecule has 1 saturated carbocycles. The highest BCUT2D eigenvalue weighted by molar-refractivity contribution is 7.91. The maximum Gasteiger partial charge on any atom is 0.254 e. The van der Waals surface area contributed by atoms with Crippen LogP contribution in [0.2, 0.25) is 0 Å². The Bertz CT molecular complexity index is 1080. The van der Waals surface area contributed by atoms with Crippen LogP contribution in [-0.2, 0) is 10.0 Å². The first-order chi connectivity index (χ1) is 15.2. The third-order valence-electron chi connectivity index (χ3n) is 5.47. The molecule has 10 nitrogen and oxygen atoms in total. The van der Waals surface area contributed by atoms with E-state index in [2.05, 4.69) is 25.5 Å². The second kappa shape index (κ2) is 9.08. The predicted octanol–water partition coefficient (Wildman–Crippen LogP) is 1.93. The molecule has 2 fully saturated rings. The standard InChI is InChI=1S/C20H26ClN7O3S/c1-13(21)32(30,31)28-10-8-27(9-11-28)16-6-4-15(5-7-16)25-20-23-12-17(18(22)29)19(26-20)24-14-2-3-14/h4-7,12-14H,2-3,8-11H2,1H3,(H2,22,29)(H2,23,24,25,26). The van der Waals surface area contributed by atoms with E-state index in [0.717, 1.165) is 24.2 Å². The fraction of sp³-hybridized carbons (Fsp3) is 0.450. The Morgan fingerprint density at radius 1 is 1.19 bits per heavy atom. The normalized spacial score (nSPS) is 18.2. The van der Waals surface area contributed by atoms with E-state index in [-0.39, 0.29) is 5.56 Å². The molecule has 172 valence electrons. The number of alkyl halides is 1. The number of rotatable bonds is 8. The van der Waals surface area contributed by atoms with Crippen molar-refractivity contribution in [2.75, 3.05) is 41.7 Å². The van der Waals surface area contributed by atoms with Gasteiger partial charge >= 0.3 is 0 Å². The van der Waals surface area contributed by atoms with E-state index >= 15 is 0 Å². The van der Waals surface area contributed by atoms with E-state index in [1.165, 1.54) is 17.4 Å². The minimum Gasteiger partial charge on any atom is -0.369 e. The number of sulfonamides is 1. The Morgan fingerprint density at radius 3 is 2.41 bits per heavy atom. The van der Waals surface area contributed by atoms with Gasteiger partial charge in [-0.3, -0.25) is 4.79 Å². The number of carbonyl (C=O) groups is 1. The Morgan fingerprint density at radius 2 is 1.84 bits per heavy atom. The van der Waals surface area contributed by atoms with Crippen molar-refractivity contribution in [2.45, 2.75) is 30.5 Å². The van der Waals surface area contributed by atoms with Gasteiger partial charge in [-0.1, -0.05) is 0 Å². The van der Waals surface area contributed by atoms with Gasteiger partial charge in [0.1, 0.15) is 10.5 Å². The highest BCUT2D eigenvalue weighted by Gasteiger charge is 2.30. The smallest absolute Gasteiger partial charge is 0.254 e. The molecule has 1 unspecified atom stereocenters. The van der Waals surface area contributed by atoms with Crippen molar-refractivity contribution in [3.8, 4) is 0 Å². The molecule has 2 aromatic rings. The van der Waals surface area contributed by atoms with Crippen LogP contribution in [0.4, 0.5) is 23.1 Å². The quantitative estimate of drug-likeness (QED) is 0.489. The summed E-state index contributed by atoms with van der Waals surface area (Å²) in [4.78, 5) is 22.4. The topological polar surface area (TPSA) is 134 Å². The van der Waals surface area contributed by atoms with E-state index in [9.17, 15) is 13.2 Å². The third-order valence-corrected chi connectivity index (χ3v) is 8.05. The van der Waals surface area contributed by atoms with Crippen molar-refractivity contribution >= 4 is 50.7 Å². The number of hydrogen-bond acceptors (Lipinski definition) is 8. The molecule has 12 heteroatoms. The van der Waals surface area contributed by atoms with Crippen LogP contribution in [0.5, 0.6) is 0 Å². The highest BCUT2D eigenvalue weighted by atomic mass is 35.5. The Labute approximate surface area is 192 Å². The van der Waals surface area contributed by atoms with Crippen molar-refractivity contribution < 1.29 is 13.2 Å². The number of halogens is 1. The number of primary amides is 1. The lowest BCUT2D eigenvalue weighted by Crippen LogP contribution is -2.50. The van der Waals surface area contributed by atoms with Crippen LogP contribution < -0.4 is 21.3 Å². The molecule has 0 radical (unpaired) electrons. The minimum absolute atomic E-state index is 0.266. The second-order valence-corrected chi connectivity index (χ2v) is 11.1. The molecule has 2 heterocycles. The molecule has 4 N–H and O–H groups in total. The molecule has 1 aliphatic heterocycles. The van der Waals surface area contributed by atoms with Crippen LogP contribution in [0.25, 0.3) is 0 Å². The van der Waals surface area contributed by atoms with Crippen LogP contribution in [0.1, 0.15) is 30.1 Å². The molecular weight excluding hydrogens is 454 g/mol. The maximum atomic E-state index is 12.2. The summed E-state index contributed by atoms with van der Waals surface area (Å²) in [6.07, 6.45) is 3.50. The van der Waals surface area contributed by atoms with Crippen LogP contribution >= 0.6 is 11.6 Å². The highest BCUT2D eigenvalue weighted by Crippen LogP contribution is 2.27. The SMILES string of the molecule is CC(Cl)S(=O)(=O)N1CCN(c2ccc(Nc3ncc(C(N)=O)c(NC4CC4)n3)cc2)CC1. The van der Waals surface area contributed by atoms with Gasteiger partial charge in [0.15, 0.2) is 0 Å². The van der Waals surface area contributed by atoms with Gasteiger partial charge in [-0.15, -0.1) is 11.6 Å². The number of nitrogens with zero attached hydrogens (tertiary/aromatic N) is 4. The number of carbonyl (C=O) groups excluding carboxylic acids is 1. The summed E-state index contributed by atoms with van der Waals surface area (Å²) in [7, 11) is -3.45. The molecule has 1 amide bonds. The molecule has 1 aliphatic carbocycles. The van der Waals surface area contributed by atoms with Gasteiger partial charge in [0.2, 0.25) is 16.0 Å². The van der Waals surface area contributed by atoms with Crippen LogP contribution in [0.15, 0.2) is 30.5 Å². The summed E-state index contributed by atoms with van der Waals surface area (Å²) in [6, 6.07) is 8.03. The molecule has 1 atom stereocenters. The van der Waals surface area contributed by atoms with Crippen LogP contribution in [0.3, 0.4) is 0 Å². The van der Waals surface area contributed by atoms with Crippen molar-refractivity contribution in [1.82, 2.24) is 14.3 Å². The van der Waals surface area contributed by atoms with Gasteiger partial charge < -0.3 is 21.3 Å². The summed E-state index contributed by atoms with van der Waals surface area (Å²) in [5, 5.41) is 6.35. The lowest BCUT2D eigenvalue weighted by Gasteiger charge is -2.35. The zero-order valence-electron chi connectivity index (χ0n) is 17.7. The van der Waals surface area contributed by atoms with Gasteiger partial charge in [-0.25, -0.2) is 13.4 Å². The summed E-state index contributed by atoms with van der Waals surface area (Å²) in [6.45, 7) is 3.45. The van der Waals surface area contributed by atoms with Crippen molar-refractivity contribution in [3.63, 3.8) is 0 Å². The molecule has 1 saturated heterocycles. The van der Waals surface area contributed by atoms with Crippen molar-refractivity contribution in [1.29, 1.82) is 0 Å². The Hall–Kier alpha value is -2.63. The number of benzene rings is 1. The molecule has 32 heavy (non-hydrogen) atoms. The minimum atomic E-state index is -3.45. The van der Waals surface area contributed by atoms with Gasteiger partial charge in [0.05, 0.1) is 5.56 Å². The van der Waals surface area contributed by atoms with Crippen LogP contribution in [-0.4, -0.2) is 65.5 Å². The molecule has 4 rings (SSSR count). The summed E-state index contributed by atoms with van der Waals surface area (Å²) in [5.74, 6) is 0.227. The molecule has 2 aliphatic rings. The summed E-state index contributed by atoms with van der Waals surface area (Å²) in [5.41, 5.74) is 7.47. The van der Waals surface area contributed by atoms with Gasteiger partial charge in [-0.2, -0.15) is 9.29 Å². The van der Waals surface area contributed by atoms with Crippen molar-refractivity contribution in [2.24, 2.45) is 5.73 Å². The molecule has 1 aromatic carbocycles. The number of piperazine rings is 1.